The van der Waals surface area contributed by atoms with Crippen LogP contribution >= 0.6 is 11.3 Å². The van der Waals surface area contributed by atoms with Gasteiger partial charge in [0.1, 0.15) is 16.5 Å². The van der Waals surface area contributed by atoms with Gasteiger partial charge in [-0.1, -0.05) is 11.3 Å². The third kappa shape index (κ3) is 2.63. The molecule has 2 rings (SSSR count). The highest BCUT2D eigenvalue weighted by molar-refractivity contribution is 7.15. The second-order valence-electron chi connectivity index (χ2n) is 3.17. The molecule has 0 spiro atoms. The molecule has 7 heteroatoms. The number of hydrogen-bond acceptors (Lipinski definition) is 7. The maximum atomic E-state index is 9.71. The van der Waals surface area contributed by atoms with E-state index in [1.54, 1.807) is 12.1 Å². The summed E-state index contributed by atoms with van der Waals surface area (Å²) in [4.78, 5) is 0. The van der Waals surface area contributed by atoms with E-state index < -0.39 is 0 Å². The number of benzene rings is 1. The van der Waals surface area contributed by atoms with Gasteiger partial charge in [-0.05, 0) is 12.1 Å². The summed E-state index contributed by atoms with van der Waals surface area (Å²) in [6.07, 6.45) is 0. The van der Waals surface area contributed by atoms with Gasteiger partial charge in [0.25, 0.3) is 0 Å². The summed E-state index contributed by atoms with van der Waals surface area (Å²) in [7, 11) is 1.53. The first kappa shape index (κ1) is 11.6. The van der Waals surface area contributed by atoms with Crippen molar-refractivity contribution in [1.82, 2.24) is 10.2 Å². The van der Waals surface area contributed by atoms with Gasteiger partial charge in [-0.2, -0.15) is 0 Å². The molecular weight excluding hydrogens is 242 g/mol. The van der Waals surface area contributed by atoms with Crippen molar-refractivity contribution in [2.24, 2.45) is 0 Å². The Morgan fingerprint density at radius 2 is 2.24 bits per heavy atom. The standard InChI is InChI=1S/C10H11N3O3S/c1-16-6-2-3-7(8(15)4-6)11-10-13-12-9(5-14)17-10/h2-4,14-15H,5H2,1H3,(H,11,13). The number of methoxy groups -OCH3 is 1. The summed E-state index contributed by atoms with van der Waals surface area (Å²) in [6, 6.07) is 4.89. The number of ether oxygens (including phenoxy) is 1. The van der Waals surface area contributed by atoms with Crippen molar-refractivity contribution < 1.29 is 14.9 Å². The number of phenolic OH excluding ortho intramolecular Hbond substituents is 1. The fourth-order valence-electron chi connectivity index (χ4n) is 1.23. The van der Waals surface area contributed by atoms with Crippen LogP contribution in [0.25, 0.3) is 0 Å². The Balaban J connectivity index is 2.18. The molecule has 0 unspecified atom stereocenters. The Hall–Kier alpha value is -1.86. The molecule has 0 atom stereocenters. The minimum Gasteiger partial charge on any atom is -0.506 e. The summed E-state index contributed by atoms with van der Waals surface area (Å²) in [5, 5.41) is 30.1. The maximum absolute atomic E-state index is 9.71. The number of rotatable bonds is 4. The number of hydrogen-bond donors (Lipinski definition) is 3. The van der Waals surface area contributed by atoms with E-state index in [1.165, 1.54) is 24.5 Å². The summed E-state index contributed by atoms with van der Waals surface area (Å²) in [5.41, 5.74) is 0.506. The van der Waals surface area contributed by atoms with E-state index in [1.807, 2.05) is 0 Å². The van der Waals surface area contributed by atoms with E-state index in [0.29, 0.717) is 21.6 Å². The van der Waals surface area contributed by atoms with Crippen LogP contribution in [0.15, 0.2) is 18.2 Å². The highest BCUT2D eigenvalue weighted by atomic mass is 32.1. The highest BCUT2D eigenvalue weighted by Crippen LogP contribution is 2.31. The van der Waals surface area contributed by atoms with E-state index in [0.717, 1.165) is 0 Å². The average molecular weight is 253 g/mol. The van der Waals surface area contributed by atoms with E-state index in [4.69, 9.17) is 9.84 Å². The molecule has 90 valence electrons. The third-order valence-corrected chi connectivity index (χ3v) is 2.87. The van der Waals surface area contributed by atoms with Gasteiger partial charge in [-0.3, -0.25) is 0 Å². The predicted molar refractivity (Wildman–Crippen MR) is 63.8 cm³/mol. The van der Waals surface area contributed by atoms with Crippen molar-refractivity contribution in [3.8, 4) is 11.5 Å². The largest absolute Gasteiger partial charge is 0.506 e. The number of nitrogens with one attached hydrogen (secondary N) is 1. The van der Waals surface area contributed by atoms with Gasteiger partial charge in [0.2, 0.25) is 5.13 Å². The number of aromatic hydroxyl groups is 1. The quantitative estimate of drug-likeness (QED) is 0.715. The normalized spacial score (nSPS) is 10.2. The van der Waals surface area contributed by atoms with Crippen molar-refractivity contribution in [2.75, 3.05) is 12.4 Å². The molecule has 0 fully saturated rings. The Bertz CT molecular complexity index is 515. The van der Waals surface area contributed by atoms with Crippen LogP contribution in [-0.4, -0.2) is 27.5 Å². The van der Waals surface area contributed by atoms with Gasteiger partial charge in [-0.15, -0.1) is 10.2 Å². The SMILES string of the molecule is COc1ccc(Nc2nnc(CO)s2)c(O)c1. The number of aromatic nitrogens is 2. The molecule has 1 aromatic carbocycles. The Kier molecular flexibility index (Phi) is 3.40. The van der Waals surface area contributed by atoms with E-state index in [-0.39, 0.29) is 12.4 Å². The van der Waals surface area contributed by atoms with Gasteiger partial charge < -0.3 is 20.3 Å². The lowest BCUT2D eigenvalue weighted by molar-refractivity contribution is 0.280. The molecule has 0 saturated heterocycles. The van der Waals surface area contributed by atoms with Crippen LogP contribution in [0.5, 0.6) is 11.5 Å². The topological polar surface area (TPSA) is 87.5 Å². The molecule has 0 aliphatic rings. The van der Waals surface area contributed by atoms with Crippen molar-refractivity contribution in [3.05, 3.63) is 23.2 Å². The molecule has 0 saturated carbocycles. The fourth-order valence-corrected chi connectivity index (χ4v) is 1.84. The van der Waals surface area contributed by atoms with E-state index >= 15 is 0 Å². The van der Waals surface area contributed by atoms with Gasteiger partial charge in [-0.25, -0.2) is 0 Å². The van der Waals surface area contributed by atoms with Crippen LogP contribution in [0.1, 0.15) is 5.01 Å². The van der Waals surface area contributed by atoms with Crippen molar-refractivity contribution >= 4 is 22.2 Å². The monoisotopic (exact) mass is 253 g/mol. The van der Waals surface area contributed by atoms with Crippen LogP contribution in [0.2, 0.25) is 0 Å². The van der Waals surface area contributed by atoms with Gasteiger partial charge in [0.15, 0.2) is 0 Å². The van der Waals surface area contributed by atoms with Crippen molar-refractivity contribution in [2.45, 2.75) is 6.61 Å². The van der Waals surface area contributed by atoms with E-state index in [9.17, 15) is 5.11 Å². The highest BCUT2D eigenvalue weighted by Gasteiger charge is 2.07. The Labute approximate surface area is 102 Å². The second-order valence-corrected chi connectivity index (χ2v) is 4.23. The average Bonchev–Trinajstić information content (AvgIpc) is 2.79. The molecule has 3 N–H and O–H groups in total. The Morgan fingerprint density at radius 3 is 2.82 bits per heavy atom. The molecule has 17 heavy (non-hydrogen) atoms. The summed E-state index contributed by atoms with van der Waals surface area (Å²) >= 11 is 1.22. The van der Waals surface area contributed by atoms with Crippen LogP contribution in [0, 0.1) is 0 Å². The smallest absolute Gasteiger partial charge is 0.210 e. The zero-order valence-corrected chi connectivity index (χ0v) is 9.86. The minimum atomic E-state index is -0.145. The molecule has 1 aromatic heterocycles. The lowest BCUT2D eigenvalue weighted by Gasteiger charge is -2.06. The molecule has 0 aliphatic heterocycles. The molecule has 0 radical (unpaired) electrons. The zero-order valence-electron chi connectivity index (χ0n) is 9.04. The molecular formula is C10H11N3O3S. The maximum Gasteiger partial charge on any atom is 0.210 e. The first-order valence-corrected chi connectivity index (χ1v) is 5.62. The lowest BCUT2D eigenvalue weighted by atomic mass is 10.3. The number of anilines is 2. The van der Waals surface area contributed by atoms with Gasteiger partial charge in [0.05, 0.1) is 19.4 Å². The summed E-state index contributed by atoms with van der Waals surface area (Å²) in [5.74, 6) is 0.631. The van der Waals surface area contributed by atoms with Crippen molar-refractivity contribution in [1.29, 1.82) is 0 Å². The molecule has 1 heterocycles. The molecule has 6 nitrogen and oxygen atoms in total. The molecule has 2 aromatic rings. The summed E-state index contributed by atoms with van der Waals surface area (Å²) in [6.45, 7) is -0.145. The van der Waals surface area contributed by atoms with Gasteiger partial charge in [0, 0.05) is 6.07 Å². The van der Waals surface area contributed by atoms with Crippen LogP contribution in [0.4, 0.5) is 10.8 Å². The number of nitrogens with zero attached hydrogens (tertiary/aromatic N) is 2. The number of aliphatic hydroxyl groups excluding tert-OH is 1. The van der Waals surface area contributed by atoms with Gasteiger partial charge >= 0.3 is 0 Å². The second kappa shape index (κ2) is 4.98. The number of aliphatic hydroxyl groups is 1. The van der Waals surface area contributed by atoms with Crippen molar-refractivity contribution in [3.63, 3.8) is 0 Å². The number of phenols is 1. The zero-order chi connectivity index (χ0) is 12.3. The summed E-state index contributed by atoms with van der Waals surface area (Å²) < 4.78 is 4.98. The molecule has 0 bridgehead atoms. The van der Waals surface area contributed by atoms with E-state index in [2.05, 4.69) is 15.5 Å². The third-order valence-electron chi connectivity index (χ3n) is 2.05. The first-order valence-electron chi connectivity index (χ1n) is 4.80. The van der Waals surface area contributed by atoms with Crippen LogP contribution < -0.4 is 10.1 Å². The van der Waals surface area contributed by atoms with Crippen LogP contribution in [0.3, 0.4) is 0 Å². The Morgan fingerprint density at radius 1 is 1.41 bits per heavy atom. The molecule has 0 amide bonds. The van der Waals surface area contributed by atoms with Crippen LogP contribution in [-0.2, 0) is 6.61 Å². The first-order chi connectivity index (χ1) is 8.22. The predicted octanol–water partition coefficient (Wildman–Crippen LogP) is 1.49. The lowest BCUT2D eigenvalue weighted by Crippen LogP contribution is -1.91. The minimum absolute atomic E-state index is 0.0603. The fraction of sp³-hybridized carbons (Fsp3) is 0.200. The molecule has 0 aliphatic carbocycles.